The van der Waals surface area contributed by atoms with Crippen molar-refractivity contribution in [2.24, 2.45) is 14.1 Å². The van der Waals surface area contributed by atoms with E-state index in [-0.39, 0.29) is 5.56 Å². The summed E-state index contributed by atoms with van der Waals surface area (Å²) < 4.78 is 17.1. The van der Waals surface area contributed by atoms with E-state index in [2.05, 4.69) is 4.98 Å². The van der Waals surface area contributed by atoms with Crippen molar-refractivity contribution in [1.82, 2.24) is 23.1 Å². The molecule has 0 spiro atoms. The first-order valence-electron chi connectivity index (χ1n) is 8.70. The van der Waals surface area contributed by atoms with Crippen LogP contribution in [0.2, 0.25) is 0 Å². The molecule has 0 radical (unpaired) electrons. The third-order valence-corrected chi connectivity index (χ3v) is 5.26. The Kier molecular flexibility index (Phi) is 3.84. The Balaban J connectivity index is 2.23. The lowest BCUT2D eigenvalue weighted by Gasteiger charge is -2.13. The second-order valence-corrected chi connectivity index (χ2v) is 6.67. The summed E-state index contributed by atoms with van der Waals surface area (Å²) in [4.78, 5) is 29.8. The predicted molar refractivity (Wildman–Crippen MR) is 105 cm³/mol. The Labute approximate surface area is 160 Å². The monoisotopic (exact) mass is 383 g/mol. The smallest absolute Gasteiger partial charge is 0.332 e. The normalized spacial score (nSPS) is 11.5. The number of hydrogen-bond acceptors (Lipinski definition) is 5. The van der Waals surface area contributed by atoms with Gasteiger partial charge in [0.15, 0.2) is 11.2 Å². The highest BCUT2D eigenvalue weighted by atomic mass is 16.5. The number of aromatic nitrogens is 5. The fraction of sp³-hybridized carbons (Fsp3) is 0.316. The molecule has 1 aromatic carbocycles. The fourth-order valence-electron chi connectivity index (χ4n) is 3.59. The Morgan fingerprint density at radius 2 is 1.68 bits per heavy atom. The van der Waals surface area contributed by atoms with Crippen molar-refractivity contribution < 1.29 is 9.47 Å². The Bertz CT molecular complexity index is 1370. The number of hydrogen-bond donors (Lipinski definition) is 0. The second kappa shape index (κ2) is 6.01. The number of methoxy groups -OCH3 is 2. The van der Waals surface area contributed by atoms with Crippen LogP contribution in [-0.2, 0) is 14.1 Å². The lowest BCUT2D eigenvalue weighted by molar-refractivity contribution is 0.401. The molecule has 4 rings (SSSR count). The summed E-state index contributed by atoms with van der Waals surface area (Å²) in [6, 6.07) is 5.48. The molecule has 0 aliphatic heterocycles. The van der Waals surface area contributed by atoms with Crippen LogP contribution >= 0.6 is 0 Å². The summed E-state index contributed by atoms with van der Waals surface area (Å²) in [7, 11) is 6.26. The molecule has 0 atom stereocenters. The van der Waals surface area contributed by atoms with Gasteiger partial charge in [0.2, 0.25) is 5.78 Å². The molecular formula is C19H21N5O4. The van der Waals surface area contributed by atoms with Gasteiger partial charge in [0.05, 0.1) is 19.9 Å². The van der Waals surface area contributed by atoms with Crippen LogP contribution in [0.5, 0.6) is 11.5 Å². The van der Waals surface area contributed by atoms with Crippen LogP contribution in [0.15, 0.2) is 27.8 Å². The van der Waals surface area contributed by atoms with Crippen molar-refractivity contribution in [1.29, 1.82) is 0 Å². The maximum absolute atomic E-state index is 12.8. The topological polar surface area (TPSA) is 84.7 Å². The molecule has 0 amide bonds. The molecule has 9 heteroatoms. The summed E-state index contributed by atoms with van der Waals surface area (Å²) in [5, 5.41) is 0. The fourth-order valence-corrected chi connectivity index (χ4v) is 3.59. The predicted octanol–water partition coefficient (Wildman–Crippen LogP) is 1.31. The van der Waals surface area contributed by atoms with Gasteiger partial charge in [-0.2, -0.15) is 4.98 Å². The molecule has 0 saturated carbocycles. The minimum absolute atomic E-state index is 0.335. The molecule has 0 aliphatic rings. The zero-order chi connectivity index (χ0) is 20.3. The van der Waals surface area contributed by atoms with Crippen molar-refractivity contribution in [2.75, 3.05) is 14.2 Å². The number of rotatable bonds is 3. The highest BCUT2D eigenvalue weighted by Crippen LogP contribution is 2.32. The van der Waals surface area contributed by atoms with Gasteiger partial charge in [-0.3, -0.25) is 22.9 Å². The molecule has 0 N–H and O–H groups in total. The second-order valence-electron chi connectivity index (χ2n) is 6.67. The SMILES string of the molecule is COc1ccc(OC)c(-n2c(C)c(C)n3c4c(=O)n(C)c(=O)n(C)c4nc23)c1. The molecule has 0 bridgehead atoms. The van der Waals surface area contributed by atoms with Gasteiger partial charge in [-0.25, -0.2) is 4.79 Å². The number of fused-ring (bicyclic) bond motifs is 3. The van der Waals surface area contributed by atoms with Crippen molar-refractivity contribution in [3.05, 3.63) is 50.4 Å². The maximum atomic E-state index is 12.8. The molecular weight excluding hydrogens is 362 g/mol. The van der Waals surface area contributed by atoms with Gasteiger partial charge in [-0.05, 0) is 26.0 Å². The number of benzene rings is 1. The minimum atomic E-state index is -0.418. The summed E-state index contributed by atoms with van der Waals surface area (Å²) in [6.45, 7) is 3.86. The highest BCUT2D eigenvalue weighted by Gasteiger charge is 2.23. The van der Waals surface area contributed by atoms with Gasteiger partial charge in [0.1, 0.15) is 11.5 Å². The molecule has 0 aliphatic carbocycles. The first-order valence-corrected chi connectivity index (χ1v) is 8.70. The summed E-state index contributed by atoms with van der Waals surface area (Å²) >= 11 is 0. The van der Waals surface area contributed by atoms with E-state index in [0.29, 0.717) is 28.4 Å². The number of aryl methyl sites for hydroxylation is 2. The largest absolute Gasteiger partial charge is 0.497 e. The Morgan fingerprint density at radius 3 is 2.32 bits per heavy atom. The summed E-state index contributed by atoms with van der Waals surface area (Å²) in [5.41, 5.74) is 2.36. The van der Waals surface area contributed by atoms with Gasteiger partial charge in [-0.15, -0.1) is 0 Å². The van der Waals surface area contributed by atoms with Gasteiger partial charge in [0, 0.05) is 31.5 Å². The van der Waals surface area contributed by atoms with Crippen molar-refractivity contribution in [3.63, 3.8) is 0 Å². The summed E-state index contributed by atoms with van der Waals surface area (Å²) in [5.74, 6) is 1.82. The molecule has 146 valence electrons. The standard InChI is InChI=1S/C19H21N5O4/c1-10-11(2)24-15-16(21(3)19(26)22(4)17(15)25)20-18(24)23(10)13-9-12(27-5)7-8-14(13)28-6/h7-9H,1-6H3. The quantitative estimate of drug-likeness (QED) is 0.533. The molecule has 9 nitrogen and oxygen atoms in total. The van der Waals surface area contributed by atoms with Crippen LogP contribution in [-0.4, -0.2) is 37.3 Å². The van der Waals surface area contributed by atoms with Crippen molar-refractivity contribution in [3.8, 4) is 17.2 Å². The van der Waals surface area contributed by atoms with Gasteiger partial charge < -0.3 is 9.47 Å². The molecule has 3 heterocycles. The minimum Gasteiger partial charge on any atom is -0.497 e. The van der Waals surface area contributed by atoms with E-state index >= 15 is 0 Å². The first kappa shape index (κ1) is 17.9. The Morgan fingerprint density at radius 1 is 0.964 bits per heavy atom. The average Bonchev–Trinajstić information content (AvgIpc) is 3.20. The van der Waals surface area contributed by atoms with E-state index in [9.17, 15) is 9.59 Å². The zero-order valence-corrected chi connectivity index (χ0v) is 16.6. The van der Waals surface area contributed by atoms with Crippen LogP contribution in [0.3, 0.4) is 0 Å². The lowest BCUT2D eigenvalue weighted by Crippen LogP contribution is -2.37. The van der Waals surface area contributed by atoms with Crippen LogP contribution in [0.25, 0.3) is 22.6 Å². The molecule has 4 aromatic rings. The zero-order valence-electron chi connectivity index (χ0n) is 16.6. The first-order chi connectivity index (χ1) is 13.3. The van der Waals surface area contributed by atoms with Gasteiger partial charge in [-0.1, -0.05) is 0 Å². The van der Waals surface area contributed by atoms with E-state index in [1.807, 2.05) is 36.6 Å². The average molecular weight is 383 g/mol. The van der Waals surface area contributed by atoms with Gasteiger partial charge in [0.25, 0.3) is 5.56 Å². The number of nitrogens with zero attached hydrogens (tertiary/aromatic N) is 5. The van der Waals surface area contributed by atoms with Gasteiger partial charge >= 0.3 is 5.69 Å². The summed E-state index contributed by atoms with van der Waals surface area (Å²) in [6.07, 6.45) is 0. The third-order valence-electron chi connectivity index (χ3n) is 5.26. The molecule has 3 aromatic heterocycles. The molecule has 0 saturated heterocycles. The van der Waals surface area contributed by atoms with Crippen LogP contribution in [0.4, 0.5) is 0 Å². The number of ether oxygens (including phenoxy) is 2. The highest BCUT2D eigenvalue weighted by molar-refractivity contribution is 5.77. The lowest BCUT2D eigenvalue weighted by atomic mass is 10.2. The van der Waals surface area contributed by atoms with E-state index in [1.165, 1.54) is 11.6 Å². The Hall–Kier alpha value is -3.49. The van der Waals surface area contributed by atoms with Crippen molar-refractivity contribution >= 4 is 16.9 Å². The van der Waals surface area contributed by atoms with Crippen LogP contribution in [0.1, 0.15) is 11.4 Å². The molecule has 0 unspecified atom stereocenters. The third kappa shape index (κ3) is 2.16. The molecule has 0 fully saturated rings. The van der Waals surface area contributed by atoms with E-state index in [4.69, 9.17) is 9.47 Å². The van der Waals surface area contributed by atoms with Crippen LogP contribution < -0.4 is 20.7 Å². The maximum Gasteiger partial charge on any atom is 0.332 e. The van der Waals surface area contributed by atoms with E-state index in [0.717, 1.165) is 21.6 Å². The number of imidazole rings is 2. The van der Waals surface area contributed by atoms with Crippen LogP contribution in [0, 0.1) is 13.8 Å². The van der Waals surface area contributed by atoms with E-state index < -0.39 is 5.69 Å². The van der Waals surface area contributed by atoms with Crippen molar-refractivity contribution in [2.45, 2.75) is 13.8 Å². The van der Waals surface area contributed by atoms with E-state index in [1.54, 1.807) is 25.7 Å². The molecule has 28 heavy (non-hydrogen) atoms.